The van der Waals surface area contributed by atoms with Gasteiger partial charge in [-0.05, 0) is 25.0 Å². The van der Waals surface area contributed by atoms with Gasteiger partial charge in [-0.2, -0.15) is 15.8 Å². The van der Waals surface area contributed by atoms with Gasteiger partial charge in [-0.25, -0.2) is 0 Å². The Morgan fingerprint density at radius 2 is 1.96 bits per heavy atom. The molecule has 1 heterocycles. The van der Waals surface area contributed by atoms with Gasteiger partial charge in [-0.3, -0.25) is 4.79 Å². The predicted molar refractivity (Wildman–Crippen MR) is 85.2 cm³/mol. The molecule has 7 heteroatoms. The summed E-state index contributed by atoms with van der Waals surface area (Å²) in [6.45, 7) is 1.12. The summed E-state index contributed by atoms with van der Waals surface area (Å²) in [6, 6.07) is 11.6. The summed E-state index contributed by atoms with van der Waals surface area (Å²) in [6.07, 6.45) is 1.92. The number of ether oxygens (including phenoxy) is 1. The molecule has 0 aromatic heterocycles. The maximum atomic E-state index is 12.4. The number of nitrogens with zero attached hydrogens (tertiary/aromatic N) is 3. The highest BCUT2D eigenvalue weighted by molar-refractivity contribution is 6.00. The zero-order chi connectivity index (χ0) is 17.4. The highest BCUT2D eigenvalue weighted by Gasteiger charge is 2.18. The van der Waals surface area contributed by atoms with Crippen LogP contribution in [-0.2, 0) is 4.74 Å². The van der Waals surface area contributed by atoms with Gasteiger partial charge in [-0.1, -0.05) is 12.1 Å². The van der Waals surface area contributed by atoms with Crippen LogP contribution in [0, 0.1) is 34.0 Å². The Morgan fingerprint density at radius 1 is 1.21 bits per heavy atom. The summed E-state index contributed by atoms with van der Waals surface area (Å²) in [5.74, 6) is -0.318. The Labute approximate surface area is 139 Å². The van der Waals surface area contributed by atoms with Crippen LogP contribution in [0.1, 0.15) is 23.2 Å². The molecule has 1 unspecified atom stereocenters. The fraction of sp³-hybridized carbons (Fsp3) is 0.294. The number of nitrogens with one attached hydrogen (secondary N) is 2. The fourth-order valence-corrected chi connectivity index (χ4v) is 2.32. The van der Waals surface area contributed by atoms with Crippen LogP contribution in [0.25, 0.3) is 0 Å². The third-order valence-electron chi connectivity index (χ3n) is 3.53. The zero-order valence-electron chi connectivity index (χ0n) is 12.9. The lowest BCUT2D eigenvalue weighted by Gasteiger charge is -2.13. The van der Waals surface area contributed by atoms with E-state index >= 15 is 0 Å². The number of anilines is 1. The second kappa shape index (κ2) is 8.33. The van der Waals surface area contributed by atoms with E-state index in [2.05, 4.69) is 10.6 Å². The molecule has 1 aromatic rings. The van der Waals surface area contributed by atoms with Crippen molar-refractivity contribution in [2.24, 2.45) is 0 Å². The van der Waals surface area contributed by atoms with Gasteiger partial charge in [0.25, 0.3) is 5.91 Å². The first-order valence-corrected chi connectivity index (χ1v) is 7.40. The number of nitriles is 3. The lowest BCUT2D eigenvalue weighted by atomic mass is 10.1. The van der Waals surface area contributed by atoms with Crippen molar-refractivity contribution in [2.75, 3.05) is 18.5 Å². The van der Waals surface area contributed by atoms with Crippen LogP contribution in [0.3, 0.4) is 0 Å². The lowest BCUT2D eigenvalue weighted by molar-refractivity contribution is 0.0858. The molecule has 2 rings (SSSR count). The molecule has 1 amide bonds. The molecule has 24 heavy (non-hydrogen) atoms. The molecule has 1 aliphatic rings. The molecule has 2 N–H and O–H groups in total. The van der Waals surface area contributed by atoms with Crippen molar-refractivity contribution >= 4 is 11.6 Å². The van der Waals surface area contributed by atoms with E-state index in [0.29, 0.717) is 24.4 Å². The number of carbonyl (C=O) groups is 1. The maximum absolute atomic E-state index is 12.4. The first-order valence-electron chi connectivity index (χ1n) is 7.40. The molecule has 0 saturated carbocycles. The molecule has 7 nitrogen and oxygen atoms in total. The van der Waals surface area contributed by atoms with Gasteiger partial charge in [0.2, 0.25) is 0 Å². The molecule has 0 spiro atoms. The number of benzene rings is 1. The highest BCUT2D eigenvalue weighted by atomic mass is 16.5. The number of carbonyl (C=O) groups excluding carboxylic acids is 1. The summed E-state index contributed by atoms with van der Waals surface area (Å²) in [7, 11) is 0. The summed E-state index contributed by atoms with van der Waals surface area (Å²) in [5.41, 5.74) is 0.131. The number of hydrogen-bond acceptors (Lipinski definition) is 6. The van der Waals surface area contributed by atoms with Crippen LogP contribution in [0.5, 0.6) is 0 Å². The van der Waals surface area contributed by atoms with E-state index in [-0.39, 0.29) is 23.3 Å². The monoisotopic (exact) mass is 321 g/mol. The molecular formula is C17H15N5O2. The number of rotatable bonds is 5. The average Bonchev–Trinajstić information content (AvgIpc) is 3.13. The minimum Gasteiger partial charge on any atom is -0.376 e. The van der Waals surface area contributed by atoms with Crippen molar-refractivity contribution < 1.29 is 9.53 Å². The SMILES string of the molecule is N#CC(C#N)=C(C#N)Nc1ccccc1C(=O)NCC1CCCO1. The van der Waals surface area contributed by atoms with Crippen LogP contribution >= 0.6 is 0 Å². The van der Waals surface area contributed by atoms with Gasteiger partial charge in [0.15, 0.2) is 5.57 Å². The Hall–Kier alpha value is -3.34. The molecular weight excluding hydrogens is 306 g/mol. The van der Waals surface area contributed by atoms with Crippen molar-refractivity contribution in [3.05, 3.63) is 41.1 Å². The van der Waals surface area contributed by atoms with Gasteiger partial charge >= 0.3 is 0 Å². The van der Waals surface area contributed by atoms with Crippen LogP contribution in [-0.4, -0.2) is 25.2 Å². The van der Waals surface area contributed by atoms with Crippen molar-refractivity contribution in [2.45, 2.75) is 18.9 Å². The Kier molecular flexibility index (Phi) is 5.91. The molecule has 0 radical (unpaired) electrons. The molecule has 0 aliphatic carbocycles. The van der Waals surface area contributed by atoms with E-state index in [1.165, 1.54) is 0 Å². The lowest BCUT2D eigenvalue weighted by Crippen LogP contribution is -2.32. The van der Waals surface area contributed by atoms with E-state index in [1.54, 1.807) is 42.5 Å². The highest BCUT2D eigenvalue weighted by Crippen LogP contribution is 2.18. The predicted octanol–water partition coefficient (Wildman–Crippen LogP) is 1.83. The number of amides is 1. The van der Waals surface area contributed by atoms with Crippen molar-refractivity contribution in [1.29, 1.82) is 15.8 Å². The second-order valence-electron chi connectivity index (χ2n) is 5.10. The van der Waals surface area contributed by atoms with E-state index in [4.69, 9.17) is 20.5 Å². The van der Waals surface area contributed by atoms with Gasteiger partial charge in [0.1, 0.15) is 23.9 Å². The smallest absolute Gasteiger partial charge is 0.253 e. The number of hydrogen-bond donors (Lipinski definition) is 2. The third-order valence-corrected chi connectivity index (χ3v) is 3.53. The minimum atomic E-state index is -0.341. The zero-order valence-corrected chi connectivity index (χ0v) is 12.9. The molecule has 1 atom stereocenters. The third kappa shape index (κ3) is 4.10. The first kappa shape index (κ1) is 17.0. The Morgan fingerprint density at radius 3 is 2.58 bits per heavy atom. The Bertz CT molecular complexity index is 757. The van der Waals surface area contributed by atoms with Gasteiger partial charge in [-0.15, -0.1) is 0 Å². The molecule has 1 saturated heterocycles. The van der Waals surface area contributed by atoms with Crippen molar-refractivity contribution in [3.8, 4) is 18.2 Å². The minimum absolute atomic E-state index is 0.0208. The van der Waals surface area contributed by atoms with Crippen LogP contribution in [0.15, 0.2) is 35.5 Å². The van der Waals surface area contributed by atoms with Crippen molar-refractivity contribution in [3.63, 3.8) is 0 Å². The molecule has 120 valence electrons. The standard InChI is InChI=1S/C17H15N5O2/c18-8-12(9-19)16(10-20)22-15-6-2-1-5-14(15)17(23)21-11-13-4-3-7-24-13/h1-2,5-6,13,22H,3-4,7,11H2,(H,21,23). The summed E-state index contributed by atoms with van der Waals surface area (Å²) < 4.78 is 5.46. The first-order chi connectivity index (χ1) is 11.7. The maximum Gasteiger partial charge on any atom is 0.253 e. The summed E-state index contributed by atoms with van der Waals surface area (Å²) in [5, 5.41) is 32.3. The quantitative estimate of drug-likeness (QED) is 0.798. The largest absolute Gasteiger partial charge is 0.376 e. The van der Waals surface area contributed by atoms with Crippen LogP contribution in [0.2, 0.25) is 0 Å². The second-order valence-corrected chi connectivity index (χ2v) is 5.10. The summed E-state index contributed by atoms with van der Waals surface area (Å²) in [4.78, 5) is 12.4. The Balaban J connectivity index is 2.16. The normalized spacial score (nSPS) is 15.5. The van der Waals surface area contributed by atoms with E-state index in [9.17, 15) is 4.79 Å². The van der Waals surface area contributed by atoms with E-state index in [0.717, 1.165) is 12.8 Å². The van der Waals surface area contributed by atoms with Gasteiger partial charge in [0.05, 0.1) is 17.4 Å². The number of allylic oxidation sites excluding steroid dienone is 2. The molecule has 1 aliphatic heterocycles. The average molecular weight is 321 g/mol. The molecule has 1 aromatic carbocycles. The fourth-order valence-electron chi connectivity index (χ4n) is 2.32. The topological polar surface area (TPSA) is 122 Å². The number of para-hydroxylation sites is 1. The van der Waals surface area contributed by atoms with Crippen LogP contribution < -0.4 is 10.6 Å². The van der Waals surface area contributed by atoms with Crippen molar-refractivity contribution in [1.82, 2.24) is 5.32 Å². The van der Waals surface area contributed by atoms with E-state index < -0.39 is 0 Å². The summed E-state index contributed by atoms with van der Waals surface area (Å²) >= 11 is 0. The van der Waals surface area contributed by atoms with Gasteiger partial charge < -0.3 is 15.4 Å². The van der Waals surface area contributed by atoms with Crippen LogP contribution in [0.4, 0.5) is 5.69 Å². The van der Waals surface area contributed by atoms with E-state index in [1.807, 2.05) is 0 Å². The molecule has 1 fully saturated rings. The van der Waals surface area contributed by atoms with Gasteiger partial charge in [0, 0.05) is 13.2 Å². The molecule has 0 bridgehead atoms.